The van der Waals surface area contributed by atoms with Crippen molar-refractivity contribution in [3.05, 3.63) is 35.4 Å². The smallest absolute Gasteiger partial charge is 0.337 e. The number of esters is 1. The third-order valence-corrected chi connectivity index (χ3v) is 5.25. The van der Waals surface area contributed by atoms with Gasteiger partial charge in [-0.1, -0.05) is 12.1 Å². The van der Waals surface area contributed by atoms with Crippen LogP contribution in [-0.4, -0.2) is 50.1 Å². The van der Waals surface area contributed by atoms with E-state index in [4.69, 9.17) is 5.11 Å². The summed E-state index contributed by atoms with van der Waals surface area (Å²) in [6.07, 6.45) is 1.70. The third kappa shape index (κ3) is 4.03. The molecule has 1 N–H and O–H groups in total. The molecule has 1 aliphatic rings. The molecule has 0 spiro atoms. The molecular formula is C14H19NO5S. The molecule has 0 heterocycles. The summed E-state index contributed by atoms with van der Waals surface area (Å²) in [6, 6.07) is 6.33. The van der Waals surface area contributed by atoms with Gasteiger partial charge in [-0.05, 0) is 30.5 Å². The van der Waals surface area contributed by atoms with Gasteiger partial charge >= 0.3 is 5.97 Å². The minimum atomic E-state index is -3.46. The Kier molecular flexibility index (Phi) is 4.97. The lowest BCUT2D eigenvalue weighted by Crippen LogP contribution is -2.36. The number of hydrogen-bond acceptors (Lipinski definition) is 5. The number of aliphatic hydroxyl groups excluding tert-OH is 1. The van der Waals surface area contributed by atoms with E-state index in [0.29, 0.717) is 11.1 Å². The van der Waals surface area contributed by atoms with Gasteiger partial charge in [0.15, 0.2) is 0 Å². The Morgan fingerprint density at radius 2 is 1.95 bits per heavy atom. The topological polar surface area (TPSA) is 83.9 Å². The van der Waals surface area contributed by atoms with E-state index in [-0.39, 0.29) is 24.9 Å². The molecule has 2 rings (SSSR count). The van der Waals surface area contributed by atoms with Gasteiger partial charge in [-0.3, -0.25) is 0 Å². The Bertz CT molecular complexity index is 592. The zero-order valence-electron chi connectivity index (χ0n) is 11.9. The van der Waals surface area contributed by atoms with Crippen molar-refractivity contribution in [3.8, 4) is 0 Å². The monoisotopic (exact) mass is 313 g/mol. The van der Waals surface area contributed by atoms with Crippen LogP contribution in [0.3, 0.4) is 0 Å². The Morgan fingerprint density at radius 1 is 1.33 bits per heavy atom. The van der Waals surface area contributed by atoms with Gasteiger partial charge in [0.2, 0.25) is 10.0 Å². The lowest BCUT2D eigenvalue weighted by Gasteiger charge is -2.20. The van der Waals surface area contributed by atoms with Crippen LogP contribution in [0.25, 0.3) is 0 Å². The zero-order chi connectivity index (χ0) is 15.5. The molecule has 0 aromatic heterocycles. The van der Waals surface area contributed by atoms with Crippen molar-refractivity contribution in [2.75, 3.05) is 20.3 Å². The molecular weight excluding hydrogens is 294 g/mol. The number of ether oxygens (including phenoxy) is 1. The van der Waals surface area contributed by atoms with E-state index < -0.39 is 16.0 Å². The van der Waals surface area contributed by atoms with E-state index in [1.807, 2.05) is 0 Å². The highest BCUT2D eigenvalue weighted by molar-refractivity contribution is 7.88. The average Bonchev–Trinajstić information content (AvgIpc) is 3.28. The molecule has 0 saturated heterocycles. The van der Waals surface area contributed by atoms with Gasteiger partial charge in [-0.2, -0.15) is 4.31 Å². The summed E-state index contributed by atoms with van der Waals surface area (Å²) in [6.45, 7) is -0.0513. The Hall–Kier alpha value is -1.44. The second-order valence-electron chi connectivity index (χ2n) is 5.01. The van der Waals surface area contributed by atoms with Crippen LogP contribution in [0.2, 0.25) is 0 Å². The SMILES string of the molecule is COC(=O)c1ccc(CS(=O)(=O)N(CCO)C2CC2)cc1. The van der Waals surface area contributed by atoms with Gasteiger partial charge in [0.1, 0.15) is 0 Å². The molecule has 7 heteroatoms. The number of aliphatic hydroxyl groups is 1. The molecule has 0 aliphatic heterocycles. The fraction of sp³-hybridized carbons (Fsp3) is 0.500. The van der Waals surface area contributed by atoms with Gasteiger partial charge in [0.25, 0.3) is 0 Å². The summed E-state index contributed by atoms with van der Waals surface area (Å²) >= 11 is 0. The lowest BCUT2D eigenvalue weighted by atomic mass is 10.1. The second kappa shape index (κ2) is 6.55. The Balaban J connectivity index is 2.10. The number of carbonyl (C=O) groups excluding carboxylic acids is 1. The highest BCUT2D eigenvalue weighted by Gasteiger charge is 2.36. The van der Waals surface area contributed by atoms with Crippen LogP contribution >= 0.6 is 0 Å². The maximum atomic E-state index is 12.4. The van der Waals surface area contributed by atoms with Crippen LogP contribution < -0.4 is 0 Å². The van der Waals surface area contributed by atoms with Crippen molar-refractivity contribution < 1.29 is 23.1 Å². The molecule has 0 unspecified atom stereocenters. The fourth-order valence-electron chi connectivity index (χ4n) is 2.16. The number of methoxy groups -OCH3 is 1. The van der Waals surface area contributed by atoms with Crippen LogP contribution in [0.1, 0.15) is 28.8 Å². The highest BCUT2D eigenvalue weighted by Crippen LogP contribution is 2.30. The maximum absolute atomic E-state index is 12.4. The Morgan fingerprint density at radius 3 is 2.43 bits per heavy atom. The van der Waals surface area contributed by atoms with E-state index in [0.717, 1.165) is 12.8 Å². The average molecular weight is 313 g/mol. The van der Waals surface area contributed by atoms with Crippen molar-refractivity contribution in [2.45, 2.75) is 24.6 Å². The van der Waals surface area contributed by atoms with Crippen molar-refractivity contribution in [1.82, 2.24) is 4.31 Å². The van der Waals surface area contributed by atoms with Gasteiger partial charge in [-0.15, -0.1) is 0 Å². The number of carbonyl (C=O) groups is 1. The summed E-state index contributed by atoms with van der Waals surface area (Å²) in [5, 5.41) is 9.01. The maximum Gasteiger partial charge on any atom is 0.337 e. The molecule has 1 aromatic carbocycles. The molecule has 1 aliphatic carbocycles. The number of hydrogen-bond donors (Lipinski definition) is 1. The van der Waals surface area contributed by atoms with Crippen molar-refractivity contribution in [1.29, 1.82) is 0 Å². The molecule has 0 amide bonds. The van der Waals surface area contributed by atoms with E-state index >= 15 is 0 Å². The third-order valence-electron chi connectivity index (χ3n) is 3.36. The van der Waals surface area contributed by atoms with Crippen LogP contribution in [-0.2, 0) is 20.5 Å². The van der Waals surface area contributed by atoms with Crippen molar-refractivity contribution in [2.24, 2.45) is 0 Å². The molecule has 1 fully saturated rings. The first-order valence-corrected chi connectivity index (χ1v) is 8.36. The van der Waals surface area contributed by atoms with Crippen LogP contribution in [0.4, 0.5) is 0 Å². The van der Waals surface area contributed by atoms with Crippen molar-refractivity contribution >= 4 is 16.0 Å². The quantitative estimate of drug-likeness (QED) is 0.751. The van der Waals surface area contributed by atoms with Crippen LogP contribution in [0.15, 0.2) is 24.3 Å². The normalized spacial score (nSPS) is 15.2. The van der Waals surface area contributed by atoms with Crippen LogP contribution in [0.5, 0.6) is 0 Å². The van der Waals surface area contributed by atoms with Gasteiger partial charge in [0, 0.05) is 12.6 Å². The minimum absolute atomic E-state index is 0.0245. The summed E-state index contributed by atoms with van der Waals surface area (Å²) < 4.78 is 30.7. The fourth-order valence-corrected chi connectivity index (χ4v) is 3.96. The summed E-state index contributed by atoms with van der Waals surface area (Å²) in [5.74, 6) is -0.588. The number of nitrogens with zero attached hydrogens (tertiary/aromatic N) is 1. The largest absolute Gasteiger partial charge is 0.465 e. The molecule has 0 atom stereocenters. The molecule has 1 saturated carbocycles. The molecule has 1 aromatic rings. The van der Waals surface area contributed by atoms with Crippen LogP contribution in [0, 0.1) is 0 Å². The number of rotatable bonds is 7. The summed E-state index contributed by atoms with van der Waals surface area (Å²) in [4.78, 5) is 11.3. The predicted octanol–water partition coefficient (Wildman–Crippen LogP) is 0.760. The molecule has 0 radical (unpaired) electrons. The van der Waals surface area contributed by atoms with Crippen molar-refractivity contribution in [3.63, 3.8) is 0 Å². The number of benzene rings is 1. The second-order valence-corrected chi connectivity index (χ2v) is 6.93. The van der Waals surface area contributed by atoms with Gasteiger partial charge in [-0.25, -0.2) is 13.2 Å². The Labute approximate surface area is 124 Å². The van der Waals surface area contributed by atoms with Gasteiger partial charge in [0.05, 0.1) is 25.0 Å². The molecule has 116 valence electrons. The van der Waals surface area contributed by atoms with E-state index in [9.17, 15) is 13.2 Å². The first-order chi connectivity index (χ1) is 9.97. The molecule has 0 bridgehead atoms. The highest BCUT2D eigenvalue weighted by atomic mass is 32.2. The standard InChI is InChI=1S/C14H19NO5S/c1-20-14(17)12-4-2-11(3-5-12)10-21(18,19)15(8-9-16)13-6-7-13/h2-5,13,16H,6-10H2,1H3. The molecule has 6 nitrogen and oxygen atoms in total. The van der Waals surface area contributed by atoms with Gasteiger partial charge < -0.3 is 9.84 Å². The zero-order valence-corrected chi connectivity index (χ0v) is 12.7. The van der Waals surface area contributed by atoms with E-state index in [2.05, 4.69) is 4.74 Å². The minimum Gasteiger partial charge on any atom is -0.465 e. The van der Waals surface area contributed by atoms with E-state index in [1.54, 1.807) is 24.3 Å². The lowest BCUT2D eigenvalue weighted by molar-refractivity contribution is 0.0600. The molecule has 21 heavy (non-hydrogen) atoms. The first kappa shape index (κ1) is 15.9. The van der Waals surface area contributed by atoms with E-state index in [1.165, 1.54) is 11.4 Å². The first-order valence-electron chi connectivity index (χ1n) is 6.75. The summed E-state index contributed by atoms with van der Waals surface area (Å²) in [5.41, 5.74) is 0.985. The summed E-state index contributed by atoms with van der Waals surface area (Å²) in [7, 11) is -2.16. The predicted molar refractivity (Wildman–Crippen MR) is 77.2 cm³/mol. The number of sulfonamides is 1.